The largest absolute Gasteiger partial charge is 0.342 e. The average molecular weight is 400 g/mol. The zero-order valence-electron chi connectivity index (χ0n) is 16.6. The molecule has 8 nitrogen and oxygen atoms in total. The Bertz CT molecular complexity index is 746. The third kappa shape index (κ3) is 3.61. The van der Waals surface area contributed by atoms with Crippen LogP contribution in [-0.2, 0) is 30.2 Å². The molecule has 4 heterocycles. The van der Waals surface area contributed by atoms with Gasteiger partial charge in [-0.15, -0.1) is 0 Å². The molecule has 1 aromatic rings. The third-order valence-electron chi connectivity index (χ3n) is 5.18. The number of nitrogens with zero attached hydrogens (tertiary/aromatic N) is 2. The van der Waals surface area contributed by atoms with E-state index in [1.165, 1.54) is 0 Å². The monoisotopic (exact) mass is 399 g/mol. The van der Waals surface area contributed by atoms with E-state index in [0.29, 0.717) is 4.77 Å². The summed E-state index contributed by atoms with van der Waals surface area (Å²) in [7, 11) is 0. The molecule has 4 rings (SSSR count). The van der Waals surface area contributed by atoms with Gasteiger partial charge in [-0.05, 0) is 46.3 Å². The number of unbranched alkanes of at least 4 members (excludes halogenated alkanes) is 2. The van der Waals surface area contributed by atoms with Gasteiger partial charge in [-0.3, -0.25) is 5.10 Å². The lowest BCUT2D eigenvalue weighted by Gasteiger charge is -2.36. The Morgan fingerprint density at radius 1 is 1.00 bits per heavy atom. The fraction of sp³-hybridized carbons (Fsp3) is 0.889. The molecule has 1 N–H and O–H groups in total. The van der Waals surface area contributed by atoms with Gasteiger partial charge >= 0.3 is 0 Å². The van der Waals surface area contributed by atoms with E-state index in [1.54, 1.807) is 0 Å². The van der Waals surface area contributed by atoms with Gasteiger partial charge in [0.2, 0.25) is 0 Å². The predicted molar refractivity (Wildman–Crippen MR) is 98.4 cm³/mol. The molecule has 152 valence electrons. The summed E-state index contributed by atoms with van der Waals surface area (Å²) in [6.45, 7) is 10.5. The standard InChI is InChI=1S/C18H29N3O5S/c1-6-7-8-9-21-14(19-20-16(21)27)12-10-11(24-17(2,3)23-10)13-15(22-12)26-18(4,5)25-13/h10-13,15H,6-9H2,1-5H3,(H,20,27). The van der Waals surface area contributed by atoms with Crippen molar-refractivity contribution in [1.29, 1.82) is 0 Å². The van der Waals surface area contributed by atoms with Gasteiger partial charge in [-0.2, -0.15) is 5.10 Å². The van der Waals surface area contributed by atoms with Crippen LogP contribution < -0.4 is 0 Å². The zero-order valence-corrected chi connectivity index (χ0v) is 17.4. The van der Waals surface area contributed by atoms with Gasteiger partial charge < -0.3 is 28.3 Å². The Balaban J connectivity index is 1.66. The molecule has 3 fully saturated rings. The molecular weight excluding hydrogens is 370 g/mol. The average Bonchev–Trinajstić information content (AvgIpc) is 3.19. The lowest BCUT2D eigenvalue weighted by Crippen LogP contribution is -2.52. The van der Waals surface area contributed by atoms with Gasteiger partial charge in [-0.25, -0.2) is 0 Å². The lowest BCUT2D eigenvalue weighted by atomic mass is 9.98. The summed E-state index contributed by atoms with van der Waals surface area (Å²) >= 11 is 5.45. The number of aromatic nitrogens is 3. The molecule has 0 amide bonds. The van der Waals surface area contributed by atoms with E-state index < -0.39 is 24.0 Å². The Morgan fingerprint density at radius 2 is 1.67 bits per heavy atom. The van der Waals surface area contributed by atoms with E-state index >= 15 is 0 Å². The van der Waals surface area contributed by atoms with Crippen LogP contribution in [0.3, 0.4) is 0 Å². The van der Waals surface area contributed by atoms with Crippen molar-refractivity contribution in [3.05, 3.63) is 10.6 Å². The van der Waals surface area contributed by atoms with Crippen LogP contribution >= 0.6 is 12.2 Å². The molecule has 0 saturated carbocycles. The summed E-state index contributed by atoms with van der Waals surface area (Å²) in [6.07, 6.45) is 1.29. The maximum Gasteiger partial charge on any atom is 0.195 e. The smallest absolute Gasteiger partial charge is 0.195 e. The lowest BCUT2D eigenvalue weighted by molar-refractivity contribution is -0.238. The molecule has 5 unspecified atom stereocenters. The SMILES string of the molecule is CCCCCn1c(C2OC3OC(C)(C)OC3C3OC(C)(C)OC23)n[nH]c1=S. The molecule has 9 heteroatoms. The minimum absolute atomic E-state index is 0.306. The molecule has 0 bridgehead atoms. The Labute approximate surface area is 164 Å². The van der Waals surface area contributed by atoms with Crippen LogP contribution in [0.2, 0.25) is 0 Å². The van der Waals surface area contributed by atoms with Crippen molar-refractivity contribution in [2.45, 2.75) is 103 Å². The van der Waals surface area contributed by atoms with Gasteiger partial charge in [0.15, 0.2) is 28.5 Å². The van der Waals surface area contributed by atoms with Crippen molar-refractivity contribution in [2.24, 2.45) is 0 Å². The molecule has 0 radical (unpaired) electrons. The van der Waals surface area contributed by atoms with Crippen LogP contribution in [0.1, 0.15) is 65.8 Å². The van der Waals surface area contributed by atoms with Crippen LogP contribution in [0.15, 0.2) is 0 Å². The maximum absolute atomic E-state index is 6.30. The van der Waals surface area contributed by atoms with Crippen LogP contribution in [0.5, 0.6) is 0 Å². The fourth-order valence-electron chi connectivity index (χ4n) is 4.10. The molecule has 0 aliphatic carbocycles. The van der Waals surface area contributed by atoms with Gasteiger partial charge in [0, 0.05) is 6.54 Å². The highest BCUT2D eigenvalue weighted by molar-refractivity contribution is 7.71. The van der Waals surface area contributed by atoms with Crippen LogP contribution in [0, 0.1) is 4.77 Å². The molecule has 1 aromatic heterocycles. The van der Waals surface area contributed by atoms with Crippen LogP contribution in [0.4, 0.5) is 0 Å². The Morgan fingerprint density at radius 3 is 2.41 bits per heavy atom. The van der Waals surface area contributed by atoms with E-state index in [1.807, 2.05) is 32.3 Å². The Hall–Kier alpha value is -0.840. The van der Waals surface area contributed by atoms with Crippen molar-refractivity contribution in [3.63, 3.8) is 0 Å². The predicted octanol–water partition coefficient (Wildman–Crippen LogP) is 3.20. The molecule has 5 atom stereocenters. The molecule has 3 saturated heterocycles. The summed E-state index contributed by atoms with van der Waals surface area (Å²) in [4.78, 5) is 0. The maximum atomic E-state index is 6.30. The quantitative estimate of drug-likeness (QED) is 0.601. The number of hydrogen-bond donors (Lipinski definition) is 1. The first-order valence-corrected chi connectivity index (χ1v) is 10.1. The van der Waals surface area contributed by atoms with Gasteiger partial charge in [0.25, 0.3) is 0 Å². The highest BCUT2D eigenvalue weighted by atomic mass is 32.1. The van der Waals surface area contributed by atoms with Crippen molar-refractivity contribution in [1.82, 2.24) is 14.8 Å². The van der Waals surface area contributed by atoms with E-state index in [0.717, 1.165) is 31.6 Å². The number of aromatic amines is 1. The number of rotatable bonds is 5. The molecule has 0 spiro atoms. The van der Waals surface area contributed by atoms with Gasteiger partial charge in [0.05, 0.1) is 0 Å². The summed E-state index contributed by atoms with van der Waals surface area (Å²) in [5, 5.41) is 7.37. The van der Waals surface area contributed by atoms with Crippen LogP contribution in [-0.4, -0.2) is 50.9 Å². The topological polar surface area (TPSA) is 79.8 Å². The second-order valence-corrected chi connectivity index (χ2v) is 8.72. The normalized spacial score (nSPS) is 36.6. The highest BCUT2D eigenvalue weighted by Gasteiger charge is 2.61. The van der Waals surface area contributed by atoms with Crippen molar-refractivity contribution in [3.8, 4) is 0 Å². The first-order valence-electron chi connectivity index (χ1n) is 9.72. The second kappa shape index (κ2) is 6.89. The molecule has 3 aliphatic rings. The van der Waals surface area contributed by atoms with Crippen molar-refractivity contribution in [2.75, 3.05) is 0 Å². The second-order valence-electron chi connectivity index (χ2n) is 8.34. The van der Waals surface area contributed by atoms with Gasteiger partial charge in [-0.1, -0.05) is 19.8 Å². The summed E-state index contributed by atoms with van der Waals surface area (Å²) in [5.74, 6) is -0.752. The number of ether oxygens (including phenoxy) is 5. The minimum Gasteiger partial charge on any atom is -0.342 e. The molecule has 27 heavy (non-hydrogen) atoms. The van der Waals surface area contributed by atoms with E-state index in [9.17, 15) is 0 Å². The van der Waals surface area contributed by atoms with Crippen molar-refractivity contribution >= 4 is 12.2 Å². The Kier molecular flexibility index (Phi) is 4.97. The zero-order chi connectivity index (χ0) is 19.4. The minimum atomic E-state index is -0.739. The molecular formula is C18H29N3O5S. The van der Waals surface area contributed by atoms with E-state index in [4.69, 9.17) is 35.9 Å². The fourth-order valence-corrected chi connectivity index (χ4v) is 4.33. The molecule has 3 aliphatic heterocycles. The van der Waals surface area contributed by atoms with E-state index in [2.05, 4.69) is 17.1 Å². The molecule has 0 aromatic carbocycles. The van der Waals surface area contributed by atoms with E-state index in [-0.39, 0.29) is 18.3 Å². The third-order valence-corrected chi connectivity index (χ3v) is 5.49. The van der Waals surface area contributed by atoms with Crippen LogP contribution in [0.25, 0.3) is 0 Å². The highest BCUT2D eigenvalue weighted by Crippen LogP contribution is 2.48. The number of H-pyrrole nitrogens is 1. The summed E-state index contributed by atoms with van der Waals surface area (Å²) in [5.41, 5.74) is 0. The number of fused-ring (bicyclic) bond motifs is 3. The number of nitrogens with one attached hydrogen (secondary N) is 1. The summed E-state index contributed by atoms with van der Waals surface area (Å²) in [6, 6.07) is 0. The first-order chi connectivity index (χ1) is 12.7. The van der Waals surface area contributed by atoms with Crippen molar-refractivity contribution < 1.29 is 23.7 Å². The van der Waals surface area contributed by atoms with Gasteiger partial charge in [0.1, 0.15) is 24.4 Å². The number of hydrogen-bond acceptors (Lipinski definition) is 7. The first kappa shape index (κ1) is 19.5. The summed E-state index contributed by atoms with van der Waals surface area (Å²) < 4.78 is 33.3.